The number of nitrogens with zero attached hydrogens (tertiary/aromatic N) is 2. The molecule has 0 radical (unpaired) electrons. The van der Waals surface area contributed by atoms with E-state index < -0.39 is 0 Å². The fourth-order valence-corrected chi connectivity index (χ4v) is 3.30. The van der Waals surface area contributed by atoms with Crippen LogP contribution < -0.4 is 15.4 Å². The highest BCUT2D eigenvalue weighted by Gasteiger charge is 2.20. The zero-order valence-corrected chi connectivity index (χ0v) is 17.1. The lowest BCUT2D eigenvalue weighted by Crippen LogP contribution is -2.39. The Morgan fingerprint density at radius 3 is 2.55 bits per heavy atom. The summed E-state index contributed by atoms with van der Waals surface area (Å²) >= 11 is 0. The van der Waals surface area contributed by atoms with Gasteiger partial charge in [0.1, 0.15) is 12.4 Å². The molecule has 0 saturated carbocycles. The zero-order chi connectivity index (χ0) is 20.3. The first-order valence-corrected chi connectivity index (χ1v) is 10.3. The third-order valence-electron chi connectivity index (χ3n) is 4.81. The van der Waals surface area contributed by atoms with Crippen molar-refractivity contribution < 1.29 is 9.53 Å². The highest BCUT2D eigenvalue weighted by molar-refractivity contribution is 5.79. The quantitative estimate of drug-likeness (QED) is 0.390. The van der Waals surface area contributed by atoms with Crippen molar-refractivity contribution in [3.8, 4) is 5.75 Å². The number of ether oxygens (including phenoxy) is 1. The van der Waals surface area contributed by atoms with Crippen LogP contribution in [0.2, 0.25) is 0 Å². The molecule has 0 bridgehead atoms. The van der Waals surface area contributed by atoms with Crippen LogP contribution >= 0.6 is 0 Å². The van der Waals surface area contributed by atoms with Crippen molar-refractivity contribution in [3.63, 3.8) is 0 Å². The normalized spacial score (nSPS) is 14.2. The van der Waals surface area contributed by atoms with E-state index in [0.717, 1.165) is 42.3 Å². The Hall–Kier alpha value is -3.02. The summed E-state index contributed by atoms with van der Waals surface area (Å²) in [6.45, 7) is 6.13. The zero-order valence-electron chi connectivity index (χ0n) is 17.1. The lowest BCUT2D eigenvalue weighted by Gasteiger charge is -2.18. The fraction of sp³-hybridized carbons (Fsp3) is 0.391. The molecule has 0 aliphatic carbocycles. The molecule has 29 heavy (non-hydrogen) atoms. The van der Waals surface area contributed by atoms with E-state index >= 15 is 0 Å². The van der Waals surface area contributed by atoms with Crippen molar-refractivity contribution in [3.05, 3.63) is 65.7 Å². The van der Waals surface area contributed by atoms with Crippen LogP contribution in [0.1, 0.15) is 30.9 Å². The van der Waals surface area contributed by atoms with Crippen LogP contribution in [0.4, 0.5) is 0 Å². The number of hydrogen-bond acceptors (Lipinski definition) is 3. The molecule has 1 aliphatic heterocycles. The molecule has 2 N–H and O–H groups in total. The molecule has 0 spiro atoms. The van der Waals surface area contributed by atoms with Crippen LogP contribution in [0.5, 0.6) is 5.75 Å². The maximum absolute atomic E-state index is 12.0. The predicted octanol–water partition coefficient (Wildman–Crippen LogP) is 2.94. The molecule has 1 fully saturated rings. The van der Waals surface area contributed by atoms with Crippen molar-refractivity contribution in [1.29, 1.82) is 0 Å². The second-order valence-corrected chi connectivity index (χ2v) is 6.97. The monoisotopic (exact) mass is 394 g/mol. The van der Waals surface area contributed by atoms with E-state index in [1.165, 1.54) is 0 Å². The lowest BCUT2D eigenvalue weighted by atomic mass is 10.1. The number of benzene rings is 2. The number of guanidine groups is 1. The SMILES string of the molecule is CCNC(=NCc1ccccc1CN1CCCC1=O)NCCOc1ccccc1. The number of amides is 1. The van der Waals surface area contributed by atoms with Crippen LogP contribution in [-0.2, 0) is 17.9 Å². The molecule has 6 heteroatoms. The van der Waals surface area contributed by atoms with E-state index in [2.05, 4.69) is 22.8 Å². The van der Waals surface area contributed by atoms with E-state index in [4.69, 9.17) is 9.73 Å². The van der Waals surface area contributed by atoms with E-state index in [-0.39, 0.29) is 5.91 Å². The summed E-state index contributed by atoms with van der Waals surface area (Å²) in [7, 11) is 0. The smallest absolute Gasteiger partial charge is 0.222 e. The van der Waals surface area contributed by atoms with Gasteiger partial charge >= 0.3 is 0 Å². The molecule has 0 aromatic heterocycles. The minimum Gasteiger partial charge on any atom is -0.492 e. The van der Waals surface area contributed by atoms with E-state index in [1.54, 1.807) is 0 Å². The average molecular weight is 395 g/mol. The Bertz CT molecular complexity index is 808. The number of aliphatic imine (C=N–C) groups is 1. The van der Waals surface area contributed by atoms with Gasteiger partial charge in [-0.1, -0.05) is 42.5 Å². The molecule has 1 heterocycles. The summed E-state index contributed by atoms with van der Waals surface area (Å²) in [6.07, 6.45) is 1.62. The summed E-state index contributed by atoms with van der Waals surface area (Å²) in [5.74, 6) is 1.87. The molecule has 3 rings (SSSR count). The molecule has 0 atom stereocenters. The maximum atomic E-state index is 12.0. The molecule has 2 aromatic rings. The second kappa shape index (κ2) is 11.1. The van der Waals surface area contributed by atoms with Crippen molar-refractivity contribution in [2.75, 3.05) is 26.2 Å². The van der Waals surface area contributed by atoms with Gasteiger partial charge in [-0.15, -0.1) is 0 Å². The van der Waals surface area contributed by atoms with Gasteiger partial charge < -0.3 is 20.3 Å². The van der Waals surface area contributed by atoms with Gasteiger partial charge in [0.25, 0.3) is 0 Å². The van der Waals surface area contributed by atoms with Gasteiger partial charge in [-0.05, 0) is 36.6 Å². The van der Waals surface area contributed by atoms with Crippen LogP contribution in [0, 0.1) is 0 Å². The third kappa shape index (κ3) is 6.52. The molecule has 1 saturated heterocycles. The highest BCUT2D eigenvalue weighted by Crippen LogP contribution is 2.17. The number of para-hydroxylation sites is 1. The molecule has 154 valence electrons. The van der Waals surface area contributed by atoms with Gasteiger partial charge in [0.05, 0.1) is 13.1 Å². The molecule has 6 nitrogen and oxygen atoms in total. The largest absolute Gasteiger partial charge is 0.492 e. The summed E-state index contributed by atoms with van der Waals surface area (Å²) in [4.78, 5) is 18.6. The van der Waals surface area contributed by atoms with E-state index in [9.17, 15) is 4.79 Å². The first-order chi connectivity index (χ1) is 14.3. The maximum Gasteiger partial charge on any atom is 0.222 e. The summed E-state index contributed by atoms with van der Waals surface area (Å²) in [5.41, 5.74) is 2.31. The predicted molar refractivity (Wildman–Crippen MR) is 116 cm³/mol. The minimum absolute atomic E-state index is 0.247. The van der Waals surface area contributed by atoms with Crippen molar-refractivity contribution in [2.24, 2.45) is 4.99 Å². The number of carbonyl (C=O) groups is 1. The fourth-order valence-electron chi connectivity index (χ4n) is 3.30. The van der Waals surface area contributed by atoms with Crippen LogP contribution in [0.3, 0.4) is 0 Å². The topological polar surface area (TPSA) is 66.0 Å². The number of carbonyl (C=O) groups excluding carboxylic acids is 1. The standard InChI is InChI=1S/C23H30N4O2/c1-2-24-23(25-14-16-29-21-11-4-3-5-12-21)26-17-19-9-6-7-10-20(19)18-27-15-8-13-22(27)28/h3-7,9-12H,2,8,13-18H2,1H3,(H2,24,25,26). The average Bonchev–Trinajstić information content (AvgIpc) is 3.15. The summed E-state index contributed by atoms with van der Waals surface area (Å²) in [6, 6.07) is 18.0. The third-order valence-corrected chi connectivity index (χ3v) is 4.81. The number of likely N-dealkylation sites (tertiary alicyclic amines) is 1. The number of rotatable bonds is 9. The second-order valence-electron chi connectivity index (χ2n) is 6.97. The van der Waals surface area contributed by atoms with Crippen molar-refractivity contribution >= 4 is 11.9 Å². The highest BCUT2D eigenvalue weighted by atomic mass is 16.5. The molecule has 1 aliphatic rings. The Morgan fingerprint density at radius 2 is 1.83 bits per heavy atom. The van der Waals surface area contributed by atoms with Gasteiger partial charge in [0, 0.05) is 26.1 Å². The van der Waals surface area contributed by atoms with Crippen molar-refractivity contribution in [1.82, 2.24) is 15.5 Å². The summed E-state index contributed by atoms with van der Waals surface area (Å²) in [5, 5.41) is 6.58. The van der Waals surface area contributed by atoms with Gasteiger partial charge in [-0.2, -0.15) is 0 Å². The van der Waals surface area contributed by atoms with Crippen LogP contribution in [0.15, 0.2) is 59.6 Å². The Morgan fingerprint density at radius 1 is 1.07 bits per heavy atom. The van der Waals surface area contributed by atoms with Crippen LogP contribution in [-0.4, -0.2) is 43.0 Å². The Balaban J connectivity index is 1.54. The molecule has 0 unspecified atom stereocenters. The van der Waals surface area contributed by atoms with E-state index in [1.807, 2.05) is 54.3 Å². The number of hydrogen-bond donors (Lipinski definition) is 2. The number of nitrogens with one attached hydrogen (secondary N) is 2. The van der Waals surface area contributed by atoms with Gasteiger partial charge in [0.15, 0.2) is 5.96 Å². The first kappa shape index (κ1) is 20.7. The minimum atomic E-state index is 0.247. The molecule has 2 aromatic carbocycles. The Kier molecular flexibility index (Phi) is 7.92. The van der Waals surface area contributed by atoms with Crippen LogP contribution in [0.25, 0.3) is 0 Å². The molecular weight excluding hydrogens is 364 g/mol. The van der Waals surface area contributed by atoms with Gasteiger partial charge in [-0.3, -0.25) is 4.79 Å². The van der Waals surface area contributed by atoms with E-state index in [0.29, 0.717) is 32.7 Å². The lowest BCUT2D eigenvalue weighted by molar-refractivity contribution is -0.128. The first-order valence-electron chi connectivity index (χ1n) is 10.3. The molecule has 1 amide bonds. The Labute approximate surface area is 173 Å². The summed E-state index contributed by atoms with van der Waals surface area (Å²) < 4.78 is 5.72. The van der Waals surface area contributed by atoms with Gasteiger partial charge in [-0.25, -0.2) is 4.99 Å². The molecular formula is C23H30N4O2. The van der Waals surface area contributed by atoms with Crippen molar-refractivity contribution in [2.45, 2.75) is 32.9 Å². The van der Waals surface area contributed by atoms with Gasteiger partial charge in [0.2, 0.25) is 5.91 Å².